The number of aromatic nitrogens is 2. The lowest BCUT2D eigenvalue weighted by molar-refractivity contribution is 0.601. The fraction of sp³-hybridized carbons (Fsp3) is 0. The maximum atomic E-state index is 12.4. The lowest BCUT2D eigenvalue weighted by Gasteiger charge is -2.09. The summed E-state index contributed by atoms with van der Waals surface area (Å²) >= 11 is 0. The number of hydrogen-bond donors (Lipinski definition) is 2. The van der Waals surface area contributed by atoms with Crippen LogP contribution in [0.2, 0.25) is 0 Å². The van der Waals surface area contributed by atoms with Gasteiger partial charge >= 0.3 is 0 Å². The molecule has 0 spiro atoms. The van der Waals surface area contributed by atoms with E-state index in [1.807, 2.05) is 6.07 Å². The Morgan fingerprint density at radius 3 is 2.81 bits per heavy atom. The smallest absolute Gasteiger partial charge is 0.263 e. The molecule has 3 rings (SSSR count). The average molecular weight is 298 g/mol. The van der Waals surface area contributed by atoms with Crippen LogP contribution in [0.5, 0.6) is 0 Å². The maximum absolute atomic E-state index is 12.4. The third-order valence-corrected chi connectivity index (χ3v) is 4.41. The van der Waals surface area contributed by atoms with Gasteiger partial charge in [-0.05, 0) is 30.3 Å². The standard InChI is InChI=1S/C14H10N4O2S/c15-8-10-3-1-2-4-14(10)21(19,20)18-11-5-6-12-13(7-11)17-9-16-12/h1-7,9,18H,(H,16,17). The Bertz CT molecular complexity index is 954. The molecule has 0 amide bonds. The normalized spacial score (nSPS) is 11.2. The average Bonchev–Trinajstić information content (AvgIpc) is 2.94. The van der Waals surface area contributed by atoms with Gasteiger partial charge < -0.3 is 4.98 Å². The number of aromatic amines is 1. The Morgan fingerprint density at radius 2 is 2.00 bits per heavy atom. The molecule has 2 aromatic carbocycles. The van der Waals surface area contributed by atoms with Crippen molar-refractivity contribution in [1.29, 1.82) is 5.26 Å². The minimum absolute atomic E-state index is 0.0443. The van der Waals surface area contributed by atoms with Crippen molar-refractivity contribution in [1.82, 2.24) is 9.97 Å². The van der Waals surface area contributed by atoms with Gasteiger partial charge in [0, 0.05) is 0 Å². The lowest BCUT2D eigenvalue weighted by atomic mass is 10.2. The number of benzene rings is 2. The second-order valence-electron chi connectivity index (χ2n) is 4.35. The molecular weight excluding hydrogens is 288 g/mol. The molecule has 0 unspecified atom stereocenters. The number of fused-ring (bicyclic) bond motifs is 1. The highest BCUT2D eigenvalue weighted by molar-refractivity contribution is 7.92. The number of anilines is 1. The number of H-pyrrole nitrogens is 1. The Morgan fingerprint density at radius 1 is 1.19 bits per heavy atom. The number of hydrogen-bond acceptors (Lipinski definition) is 4. The van der Waals surface area contributed by atoms with Crippen LogP contribution in [0.1, 0.15) is 5.56 Å². The van der Waals surface area contributed by atoms with Crippen LogP contribution in [0, 0.1) is 11.3 Å². The van der Waals surface area contributed by atoms with Crippen LogP contribution in [0.15, 0.2) is 53.7 Å². The summed E-state index contributed by atoms with van der Waals surface area (Å²) in [5.41, 5.74) is 1.98. The van der Waals surface area contributed by atoms with Gasteiger partial charge in [0.25, 0.3) is 10.0 Å². The first-order chi connectivity index (χ1) is 10.1. The van der Waals surface area contributed by atoms with E-state index in [1.54, 1.807) is 30.3 Å². The third kappa shape index (κ3) is 2.44. The quantitative estimate of drug-likeness (QED) is 0.774. The van der Waals surface area contributed by atoms with Gasteiger partial charge in [-0.1, -0.05) is 12.1 Å². The number of imidazole rings is 1. The number of rotatable bonds is 3. The fourth-order valence-corrected chi connectivity index (χ4v) is 3.21. The van der Waals surface area contributed by atoms with Gasteiger partial charge in [-0.3, -0.25) is 4.72 Å². The molecule has 0 aliphatic heterocycles. The van der Waals surface area contributed by atoms with Gasteiger partial charge in [0.2, 0.25) is 0 Å². The van der Waals surface area contributed by atoms with E-state index in [0.717, 1.165) is 11.0 Å². The zero-order valence-corrected chi connectivity index (χ0v) is 11.6. The fourth-order valence-electron chi connectivity index (χ4n) is 2.00. The molecule has 0 saturated heterocycles. The molecule has 1 aromatic heterocycles. The van der Waals surface area contributed by atoms with Crippen molar-refractivity contribution in [3.63, 3.8) is 0 Å². The number of nitrogens with zero attached hydrogens (tertiary/aromatic N) is 2. The van der Waals surface area contributed by atoms with E-state index < -0.39 is 10.0 Å². The van der Waals surface area contributed by atoms with Gasteiger partial charge in [-0.2, -0.15) is 5.26 Å². The summed E-state index contributed by atoms with van der Waals surface area (Å²) in [7, 11) is -3.81. The number of nitrogens with one attached hydrogen (secondary N) is 2. The van der Waals surface area contributed by atoms with Crippen molar-refractivity contribution in [2.24, 2.45) is 0 Å². The largest absolute Gasteiger partial charge is 0.345 e. The zero-order valence-electron chi connectivity index (χ0n) is 10.7. The minimum Gasteiger partial charge on any atom is -0.345 e. The lowest BCUT2D eigenvalue weighted by Crippen LogP contribution is -2.14. The van der Waals surface area contributed by atoms with Crippen LogP contribution in [-0.2, 0) is 10.0 Å². The van der Waals surface area contributed by atoms with Crippen molar-refractivity contribution < 1.29 is 8.42 Å². The molecule has 0 fully saturated rings. The molecule has 0 atom stereocenters. The second kappa shape index (κ2) is 4.92. The van der Waals surface area contributed by atoms with E-state index in [0.29, 0.717) is 5.69 Å². The summed E-state index contributed by atoms with van der Waals surface area (Å²) in [6.45, 7) is 0. The van der Waals surface area contributed by atoms with E-state index in [4.69, 9.17) is 5.26 Å². The van der Waals surface area contributed by atoms with Gasteiger partial charge in [-0.15, -0.1) is 0 Å². The summed E-state index contributed by atoms with van der Waals surface area (Å²) in [5, 5.41) is 9.01. The van der Waals surface area contributed by atoms with Crippen LogP contribution < -0.4 is 4.72 Å². The van der Waals surface area contributed by atoms with Crippen molar-refractivity contribution in [2.75, 3.05) is 4.72 Å². The highest BCUT2D eigenvalue weighted by atomic mass is 32.2. The second-order valence-corrected chi connectivity index (χ2v) is 6.00. The summed E-state index contributed by atoms with van der Waals surface area (Å²) in [6.07, 6.45) is 1.54. The number of nitriles is 1. The Balaban J connectivity index is 2.01. The van der Waals surface area contributed by atoms with Crippen molar-refractivity contribution >= 4 is 26.7 Å². The van der Waals surface area contributed by atoms with E-state index in [2.05, 4.69) is 14.7 Å². The number of sulfonamides is 1. The molecule has 21 heavy (non-hydrogen) atoms. The molecule has 0 aliphatic carbocycles. The Kier molecular flexibility index (Phi) is 3.08. The van der Waals surface area contributed by atoms with Crippen LogP contribution in [0.3, 0.4) is 0 Å². The first-order valence-electron chi connectivity index (χ1n) is 6.05. The molecular formula is C14H10N4O2S. The van der Waals surface area contributed by atoms with Crippen LogP contribution >= 0.6 is 0 Å². The molecule has 1 heterocycles. The van der Waals surface area contributed by atoms with E-state index >= 15 is 0 Å². The van der Waals surface area contributed by atoms with E-state index in [-0.39, 0.29) is 10.5 Å². The van der Waals surface area contributed by atoms with Crippen LogP contribution in [0.25, 0.3) is 11.0 Å². The molecule has 2 N–H and O–H groups in total. The van der Waals surface area contributed by atoms with Gasteiger partial charge in [0.15, 0.2) is 0 Å². The molecule has 0 radical (unpaired) electrons. The van der Waals surface area contributed by atoms with Crippen molar-refractivity contribution in [2.45, 2.75) is 4.90 Å². The van der Waals surface area contributed by atoms with Gasteiger partial charge in [-0.25, -0.2) is 13.4 Å². The highest BCUT2D eigenvalue weighted by Gasteiger charge is 2.18. The van der Waals surface area contributed by atoms with Crippen molar-refractivity contribution in [3.05, 3.63) is 54.4 Å². The van der Waals surface area contributed by atoms with E-state index in [1.165, 1.54) is 18.5 Å². The predicted octanol–water partition coefficient (Wildman–Crippen LogP) is 2.24. The van der Waals surface area contributed by atoms with Crippen molar-refractivity contribution in [3.8, 4) is 6.07 Å². The molecule has 0 bridgehead atoms. The predicted molar refractivity (Wildman–Crippen MR) is 78.1 cm³/mol. The summed E-state index contributed by atoms with van der Waals surface area (Å²) in [5.74, 6) is 0. The summed E-state index contributed by atoms with van der Waals surface area (Å²) in [4.78, 5) is 6.93. The molecule has 7 heteroatoms. The molecule has 104 valence electrons. The van der Waals surface area contributed by atoms with Gasteiger partial charge in [0.1, 0.15) is 11.0 Å². The summed E-state index contributed by atoms with van der Waals surface area (Å²) < 4.78 is 27.2. The van der Waals surface area contributed by atoms with Crippen LogP contribution in [-0.4, -0.2) is 18.4 Å². The van der Waals surface area contributed by atoms with Gasteiger partial charge in [0.05, 0.1) is 28.6 Å². The Labute approximate surface area is 121 Å². The monoisotopic (exact) mass is 298 g/mol. The topological polar surface area (TPSA) is 98.6 Å². The molecule has 3 aromatic rings. The summed E-state index contributed by atoms with van der Waals surface area (Å²) in [6, 6.07) is 12.9. The molecule has 0 saturated carbocycles. The minimum atomic E-state index is -3.81. The first kappa shape index (κ1) is 13.1. The SMILES string of the molecule is N#Cc1ccccc1S(=O)(=O)Nc1ccc2nc[nH]c2c1. The first-order valence-corrected chi connectivity index (χ1v) is 7.53. The Hall–Kier alpha value is -2.85. The molecule has 6 nitrogen and oxygen atoms in total. The van der Waals surface area contributed by atoms with Crippen LogP contribution in [0.4, 0.5) is 5.69 Å². The molecule has 0 aliphatic rings. The maximum Gasteiger partial charge on any atom is 0.263 e. The zero-order chi connectivity index (χ0) is 14.9. The third-order valence-electron chi connectivity index (χ3n) is 2.97. The van der Waals surface area contributed by atoms with E-state index in [9.17, 15) is 8.42 Å². The highest BCUT2D eigenvalue weighted by Crippen LogP contribution is 2.21.